The number of Topliss-reactive ketones (excluding diaryl/α,β-unsaturated/α-hetero) is 1. The molecule has 186 valence electrons. The van der Waals surface area contributed by atoms with Crippen LogP contribution >= 0.6 is 11.6 Å². The van der Waals surface area contributed by atoms with Crippen LogP contribution in [0.3, 0.4) is 0 Å². The fourth-order valence-electron chi connectivity index (χ4n) is 4.19. The smallest absolute Gasteiger partial charge is 0.295 e. The highest BCUT2D eigenvalue weighted by Gasteiger charge is 2.46. The zero-order chi connectivity index (χ0) is 25.8. The molecule has 0 bridgehead atoms. The van der Waals surface area contributed by atoms with Gasteiger partial charge in [0, 0.05) is 12.1 Å². The van der Waals surface area contributed by atoms with Crippen molar-refractivity contribution in [3.63, 3.8) is 0 Å². The standard InChI is InChI=1S/C28H26ClNO6/c1-4-36-21-12-7-18(8-13-21)25-24(26(31)19-9-14-22(29)23(15-19)35-3)27(32)28(33)30(25)16-17-5-10-20(34-2)11-6-17/h5-15,25,31H,4,16H2,1-3H3/b26-24-. The first kappa shape index (κ1) is 25.1. The molecule has 3 aromatic rings. The highest BCUT2D eigenvalue weighted by Crippen LogP contribution is 2.41. The van der Waals surface area contributed by atoms with Crippen LogP contribution in [0.25, 0.3) is 5.76 Å². The van der Waals surface area contributed by atoms with Gasteiger partial charge in [-0.1, -0.05) is 35.9 Å². The van der Waals surface area contributed by atoms with Crippen molar-refractivity contribution >= 4 is 29.1 Å². The first-order valence-electron chi connectivity index (χ1n) is 11.4. The Balaban J connectivity index is 1.82. The van der Waals surface area contributed by atoms with Crippen LogP contribution in [0.15, 0.2) is 72.3 Å². The van der Waals surface area contributed by atoms with E-state index in [1.807, 2.05) is 19.1 Å². The van der Waals surface area contributed by atoms with E-state index in [0.717, 1.165) is 5.56 Å². The van der Waals surface area contributed by atoms with Gasteiger partial charge in [-0.25, -0.2) is 0 Å². The summed E-state index contributed by atoms with van der Waals surface area (Å²) in [7, 11) is 3.03. The SMILES string of the molecule is CCOc1ccc(C2/C(=C(/O)c3ccc(Cl)c(OC)c3)C(=O)C(=O)N2Cc2ccc(OC)cc2)cc1. The molecule has 4 rings (SSSR count). The van der Waals surface area contributed by atoms with Crippen LogP contribution in [0.2, 0.25) is 5.02 Å². The summed E-state index contributed by atoms with van der Waals surface area (Å²) in [5, 5.41) is 11.6. The first-order chi connectivity index (χ1) is 17.4. The highest BCUT2D eigenvalue weighted by atomic mass is 35.5. The Morgan fingerprint density at radius 3 is 2.22 bits per heavy atom. The zero-order valence-electron chi connectivity index (χ0n) is 20.2. The average molecular weight is 508 g/mol. The Bertz CT molecular complexity index is 1300. The number of rotatable bonds is 8. The predicted octanol–water partition coefficient (Wildman–Crippen LogP) is 5.38. The van der Waals surface area contributed by atoms with E-state index in [4.69, 9.17) is 25.8 Å². The third kappa shape index (κ3) is 4.88. The number of nitrogens with zero attached hydrogens (tertiary/aromatic N) is 1. The number of hydrogen-bond donors (Lipinski definition) is 1. The fraction of sp³-hybridized carbons (Fsp3) is 0.214. The molecule has 8 heteroatoms. The van der Waals surface area contributed by atoms with E-state index < -0.39 is 17.7 Å². The van der Waals surface area contributed by atoms with Crippen molar-refractivity contribution in [1.82, 2.24) is 4.90 Å². The second-order valence-corrected chi connectivity index (χ2v) is 8.53. The van der Waals surface area contributed by atoms with Crippen molar-refractivity contribution in [2.45, 2.75) is 19.5 Å². The molecule has 1 heterocycles. The number of likely N-dealkylation sites (tertiary alicyclic amines) is 1. The summed E-state index contributed by atoms with van der Waals surface area (Å²) in [6.45, 7) is 2.55. The van der Waals surface area contributed by atoms with Crippen LogP contribution in [0.5, 0.6) is 17.2 Å². The summed E-state index contributed by atoms with van der Waals surface area (Å²) in [5.41, 5.74) is 1.77. The van der Waals surface area contributed by atoms with Crippen molar-refractivity contribution in [3.8, 4) is 17.2 Å². The molecule has 0 aliphatic carbocycles. The van der Waals surface area contributed by atoms with Crippen molar-refractivity contribution in [3.05, 3.63) is 94.0 Å². The molecule has 1 amide bonds. The van der Waals surface area contributed by atoms with Crippen molar-refractivity contribution in [2.75, 3.05) is 20.8 Å². The van der Waals surface area contributed by atoms with E-state index in [0.29, 0.717) is 40.0 Å². The molecule has 36 heavy (non-hydrogen) atoms. The van der Waals surface area contributed by atoms with Crippen LogP contribution in [0.4, 0.5) is 0 Å². The van der Waals surface area contributed by atoms with Gasteiger partial charge in [0.15, 0.2) is 0 Å². The largest absolute Gasteiger partial charge is 0.507 e. The lowest BCUT2D eigenvalue weighted by Gasteiger charge is -2.25. The molecular formula is C28H26ClNO6. The van der Waals surface area contributed by atoms with Crippen molar-refractivity contribution in [1.29, 1.82) is 0 Å². The second-order valence-electron chi connectivity index (χ2n) is 8.13. The number of hydrogen-bond acceptors (Lipinski definition) is 6. The van der Waals surface area contributed by atoms with Gasteiger partial charge in [-0.15, -0.1) is 0 Å². The van der Waals surface area contributed by atoms with Gasteiger partial charge < -0.3 is 24.2 Å². The molecule has 0 saturated carbocycles. The quantitative estimate of drug-likeness (QED) is 0.250. The van der Waals surface area contributed by atoms with Crippen molar-refractivity contribution in [2.24, 2.45) is 0 Å². The summed E-state index contributed by atoms with van der Waals surface area (Å²) in [4.78, 5) is 28.0. The van der Waals surface area contributed by atoms with Gasteiger partial charge in [-0.05, 0) is 60.5 Å². The summed E-state index contributed by atoms with van der Waals surface area (Å²) in [6, 6.07) is 18.2. The minimum atomic E-state index is -0.815. The molecular weight excluding hydrogens is 482 g/mol. The predicted molar refractivity (Wildman–Crippen MR) is 136 cm³/mol. The number of halogens is 1. The molecule has 0 aromatic heterocycles. The Labute approximate surface area is 214 Å². The van der Waals surface area contributed by atoms with Crippen LogP contribution in [-0.4, -0.2) is 42.5 Å². The van der Waals surface area contributed by atoms with Gasteiger partial charge in [0.25, 0.3) is 11.7 Å². The van der Waals surface area contributed by atoms with Crippen LogP contribution in [-0.2, 0) is 16.1 Å². The maximum absolute atomic E-state index is 13.3. The summed E-state index contributed by atoms with van der Waals surface area (Å²) >= 11 is 6.14. The van der Waals surface area contributed by atoms with Crippen LogP contribution < -0.4 is 14.2 Å². The lowest BCUT2D eigenvalue weighted by Crippen LogP contribution is -2.29. The van der Waals surface area contributed by atoms with Gasteiger partial charge in [0.2, 0.25) is 0 Å². The molecule has 1 aliphatic heterocycles. The van der Waals surface area contributed by atoms with E-state index in [2.05, 4.69) is 0 Å². The van der Waals surface area contributed by atoms with E-state index in [-0.39, 0.29) is 17.9 Å². The Morgan fingerprint density at radius 1 is 0.944 bits per heavy atom. The lowest BCUT2D eigenvalue weighted by atomic mass is 9.95. The van der Waals surface area contributed by atoms with Crippen molar-refractivity contribution < 1.29 is 28.9 Å². The maximum Gasteiger partial charge on any atom is 0.295 e. The Kier molecular flexibility index (Phi) is 7.50. The number of aliphatic hydroxyl groups is 1. The molecule has 1 N–H and O–H groups in total. The van der Waals surface area contributed by atoms with E-state index >= 15 is 0 Å². The van der Waals surface area contributed by atoms with Gasteiger partial charge in [0.1, 0.15) is 23.0 Å². The Morgan fingerprint density at radius 2 is 1.61 bits per heavy atom. The number of carbonyl (C=O) groups excluding carboxylic acids is 2. The summed E-state index contributed by atoms with van der Waals surface area (Å²) < 4.78 is 16.0. The van der Waals surface area contributed by atoms with Gasteiger partial charge in [0.05, 0.1) is 37.5 Å². The summed E-state index contributed by atoms with van der Waals surface area (Å²) in [6.07, 6.45) is 0. The second kappa shape index (κ2) is 10.7. The third-order valence-electron chi connectivity index (χ3n) is 5.98. The molecule has 1 atom stereocenters. The number of ketones is 1. The van der Waals surface area contributed by atoms with Crippen LogP contribution in [0, 0.1) is 0 Å². The topological polar surface area (TPSA) is 85.3 Å². The molecule has 0 spiro atoms. The monoisotopic (exact) mass is 507 g/mol. The summed E-state index contributed by atoms with van der Waals surface area (Å²) in [5.74, 6) is -0.0948. The van der Waals surface area contributed by atoms with E-state index in [1.165, 1.54) is 18.1 Å². The minimum Gasteiger partial charge on any atom is -0.507 e. The molecule has 7 nitrogen and oxygen atoms in total. The van der Waals surface area contributed by atoms with E-state index in [9.17, 15) is 14.7 Å². The van der Waals surface area contributed by atoms with Crippen LogP contribution in [0.1, 0.15) is 29.7 Å². The number of methoxy groups -OCH3 is 2. The number of ether oxygens (including phenoxy) is 3. The molecule has 3 aromatic carbocycles. The maximum atomic E-state index is 13.3. The lowest BCUT2D eigenvalue weighted by molar-refractivity contribution is -0.140. The normalized spacial score (nSPS) is 16.8. The van der Waals surface area contributed by atoms with Gasteiger partial charge in [-0.3, -0.25) is 9.59 Å². The van der Waals surface area contributed by atoms with Gasteiger partial charge in [-0.2, -0.15) is 0 Å². The molecule has 0 radical (unpaired) electrons. The molecule has 1 unspecified atom stereocenters. The number of aliphatic hydroxyl groups excluding tert-OH is 1. The molecule has 1 aliphatic rings. The third-order valence-corrected chi connectivity index (χ3v) is 6.30. The highest BCUT2D eigenvalue weighted by molar-refractivity contribution is 6.46. The molecule has 1 saturated heterocycles. The van der Waals surface area contributed by atoms with Gasteiger partial charge >= 0.3 is 0 Å². The Hall–Kier alpha value is -3.97. The average Bonchev–Trinajstić information content (AvgIpc) is 3.14. The number of amides is 1. The molecule has 1 fully saturated rings. The number of carbonyl (C=O) groups is 2. The minimum absolute atomic E-state index is 0.0120. The zero-order valence-corrected chi connectivity index (χ0v) is 20.9. The fourth-order valence-corrected chi connectivity index (χ4v) is 4.39. The number of benzene rings is 3. The van der Waals surface area contributed by atoms with E-state index in [1.54, 1.807) is 55.6 Å². The first-order valence-corrected chi connectivity index (χ1v) is 11.7.